The zero-order valence-electron chi connectivity index (χ0n) is 15.1. The monoisotopic (exact) mass is 405 g/mol. The van der Waals surface area contributed by atoms with E-state index in [9.17, 15) is 9.59 Å². The lowest BCUT2D eigenvalue weighted by Gasteiger charge is -2.12. The van der Waals surface area contributed by atoms with Crippen molar-refractivity contribution >= 4 is 40.9 Å². The summed E-state index contributed by atoms with van der Waals surface area (Å²) in [6.07, 6.45) is 0. The Kier molecular flexibility index (Phi) is 5.84. The minimum Gasteiger partial charge on any atom is -0.322 e. The average Bonchev–Trinajstić information content (AvgIpc) is 3.29. The topological polar surface area (TPSA) is 46.2 Å². The molecule has 0 aliphatic carbocycles. The van der Waals surface area contributed by atoms with Gasteiger partial charge in [-0.15, -0.1) is 23.5 Å². The highest BCUT2D eigenvalue weighted by atomic mass is 32.2. The van der Waals surface area contributed by atoms with Crippen LogP contribution in [-0.2, 0) is 0 Å². The van der Waals surface area contributed by atoms with E-state index >= 15 is 0 Å². The van der Waals surface area contributed by atoms with E-state index in [2.05, 4.69) is 11.4 Å². The van der Waals surface area contributed by atoms with Gasteiger partial charge in [0.1, 0.15) is 0 Å². The highest BCUT2D eigenvalue weighted by Gasteiger charge is 2.20. The fourth-order valence-electron chi connectivity index (χ4n) is 3.14. The summed E-state index contributed by atoms with van der Waals surface area (Å²) in [7, 11) is 0. The van der Waals surface area contributed by atoms with Gasteiger partial charge in [0.15, 0.2) is 5.78 Å². The molecule has 1 aliphatic rings. The van der Waals surface area contributed by atoms with Crippen LogP contribution in [0.2, 0.25) is 0 Å². The van der Waals surface area contributed by atoms with Gasteiger partial charge in [0.05, 0.1) is 10.1 Å². The third-order valence-corrected chi connectivity index (χ3v) is 7.60. The van der Waals surface area contributed by atoms with Crippen LogP contribution >= 0.6 is 23.5 Å². The fraction of sp³-hybridized carbons (Fsp3) is 0.130. The van der Waals surface area contributed by atoms with Gasteiger partial charge in [0, 0.05) is 28.3 Å². The van der Waals surface area contributed by atoms with Crippen LogP contribution in [0.1, 0.15) is 36.4 Å². The summed E-state index contributed by atoms with van der Waals surface area (Å²) in [5.41, 5.74) is 3.31. The van der Waals surface area contributed by atoms with Crippen LogP contribution in [0.25, 0.3) is 0 Å². The Balaban J connectivity index is 1.58. The third-order valence-electron chi connectivity index (χ3n) is 4.49. The molecule has 1 aliphatic heterocycles. The van der Waals surface area contributed by atoms with E-state index in [4.69, 9.17) is 0 Å². The molecule has 1 saturated heterocycles. The lowest BCUT2D eigenvalue weighted by Crippen LogP contribution is -2.17. The maximum Gasteiger partial charge on any atom is 0.256 e. The molecule has 4 rings (SSSR count). The Morgan fingerprint density at radius 2 is 1.46 bits per heavy atom. The van der Waals surface area contributed by atoms with Crippen molar-refractivity contribution in [2.24, 2.45) is 0 Å². The lowest BCUT2D eigenvalue weighted by atomic mass is 9.98. The van der Waals surface area contributed by atoms with Crippen LogP contribution < -0.4 is 5.32 Å². The highest BCUT2D eigenvalue weighted by molar-refractivity contribution is 8.19. The SMILES string of the molecule is O=C(Nc1cccc(C2SCCS2)c1)c1ccccc1C(=O)c1ccccc1. The van der Waals surface area contributed by atoms with Crippen molar-refractivity contribution in [3.8, 4) is 0 Å². The van der Waals surface area contributed by atoms with Crippen molar-refractivity contribution in [2.75, 3.05) is 16.8 Å². The molecule has 1 N–H and O–H groups in total. The molecule has 0 bridgehead atoms. The maximum atomic E-state index is 12.9. The van der Waals surface area contributed by atoms with Gasteiger partial charge < -0.3 is 5.32 Å². The van der Waals surface area contributed by atoms with E-state index < -0.39 is 0 Å². The Hall–Kier alpha value is -2.50. The smallest absolute Gasteiger partial charge is 0.256 e. The Morgan fingerprint density at radius 1 is 0.786 bits per heavy atom. The van der Waals surface area contributed by atoms with Crippen LogP contribution in [-0.4, -0.2) is 23.2 Å². The first-order valence-corrected chi connectivity index (χ1v) is 11.2. The van der Waals surface area contributed by atoms with Crippen LogP contribution in [0.4, 0.5) is 5.69 Å². The minimum atomic E-state index is -0.274. The Morgan fingerprint density at radius 3 is 2.21 bits per heavy atom. The predicted octanol–water partition coefficient (Wildman–Crippen LogP) is 5.65. The van der Waals surface area contributed by atoms with Crippen molar-refractivity contribution in [3.05, 3.63) is 101 Å². The number of benzene rings is 3. The van der Waals surface area contributed by atoms with Gasteiger partial charge in [0.2, 0.25) is 0 Å². The van der Waals surface area contributed by atoms with E-state index in [-0.39, 0.29) is 11.7 Å². The molecule has 0 unspecified atom stereocenters. The quantitative estimate of drug-likeness (QED) is 0.557. The van der Waals surface area contributed by atoms with Crippen LogP contribution in [0, 0.1) is 0 Å². The molecule has 0 spiro atoms. The normalized spacial score (nSPS) is 14.0. The molecule has 140 valence electrons. The van der Waals surface area contributed by atoms with E-state index in [1.54, 1.807) is 36.4 Å². The van der Waals surface area contributed by atoms with E-state index in [1.807, 2.05) is 59.9 Å². The van der Waals surface area contributed by atoms with Crippen molar-refractivity contribution in [3.63, 3.8) is 0 Å². The molecule has 5 heteroatoms. The standard InChI is InChI=1S/C23H19NO2S2/c25-21(16-7-2-1-3-8-16)19-11-4-5-12-20(19)22(26)24-18-10-6-9-17(15-18)23-27-13-14-28-23/h1-12,15,23H,13-14H2,(H,24,26). The van der Waals surface area contributed by atoms with Gasteiger partial charge in [-0.25, -0.2) is 0 Å². The van der Waals surface area contributed by atoms with Gasteiger partial charge in [-0.1, -0.05) is 60.7 Å². The number of thioether (sulfide) groups is 2. The van der Waals surface area contributed by atoms with Crippen LogP contribution in [0.3, 0.4) is 0 Å². The van der Waals surface area contributed by atoms with Crippen molar-refractivity contribution in [2.45, 2.75) is 4.58 Å². The summed E-state index contributed by atoms with van der Waals surface area (Å²) in [6, 6.07) is 23.9. The molecule has 0 saturated carbocycles. The number of anilines is 1. The minimum absolute atomic E-state index is 0.154. The number of carbonyl (C=O) groups is 2. The van der Waals surface area contributed by atoms with Crippen LogP contribution in [0.5, 0.6) is 0 Å². The summed E-state index contributed by atoms with van der Waals surface area (Å²) < 4.78 is 0.420. The second kappa shape index (κ2) is 8.67. The molecule has 3 aromatic rings. The molecular formula is C23H19NO2S2. The molecule has 0 radical (unpaired) electrons. The fourth-order valence-corrected chi connectivity index (χ4v) is 5.97. The number of hydrogen-bond donors (Lipinski definition) is 1. The first-order valence-electron chi connectivity index (χ1n) is 9.06. The van der Waals surface area contributed by atoms with Crippen LogP contribution in [0.15, 0.2) is 78.9 Å². The van der Waals surface area contributed by atoms with Gasteiger partial charge in [-0.05, 0) is 23.8 Å². The van der Waals surface area contributed by atoms with Gasteiger partial charge in [-0.2, -0.15) is 0 Å². The molecule has 1 heterocycles. The molecular weight excluding hydrogens is 386 g/mol. The van der Waals surface area contributed by atoms with Gasteiger partial charge in [-0.3, -0.25) is 9.59 Å². The molecule has 3 nitrogen and oxygen atoms in total. The molecule has 0 aromatic heterocycles. The summed E-state index contributed by atoms with van der Waals surface area (Å²) in [5.74, 6) is 1.88. The Bertz CT molecular complexity index is 998. The predicted molar refractivity (Wildman–Crippen MR) is 118 cm³/mol. The molecule has 1 amide bonds. The summed E-state index contributed by atoms with van der Waals surface area (Å²) >= 11 is 3.86. The molecule has 28 heavy (non-hydrogen) atoms. The van der Waals surface area contributed by atoms with Crippen molar-refractivity contribution in [1.29, 1.82) is 0 Å². The average molecular weight is 406 g/mol. The summed E-state index contributed by atoms with van der Waals surface area (Å²) in [6.45, 7) is 0. The third kappa shape index (κ3) is 4.16. The lowest BCUT2D eigenvalue weighted by molar-refractivity contribution is 0.0996. The van der Waals surface area contributed by atoms with Crippen molar-refractivity contribution < 1.29 is 9.59 Å². The zero-order valence-corrected chi connectivity index (χ0v) is 16.8. The van der Waals surface area contributed by atoms with Crippen molar-refractivity contribution in [1.82, 2.24) is 0 Å². The molecule has 3 aromatic carbocycles. The summed E-state index contributed by atoms with van der Waals surface area (Å²) in [4.78, 5) is 25.8. The first-order chi connectivity index (χ1) is 13.7. The van der Waals surface area contributed by atoms with Gasteiger partial charge >= 0.3 is 0 Å². The van der Waals surface area contributed by atoms with Gasteiger partial charge in [0.25, 0.3) is 5.91 Å². The summed E-state index contributed by atoms with van der Waals surface area (Å²) in [5, 5.41) is 2.96. The van der Waals surface area contributed by atoms with E-state index in [0.29, 0.717) is 21.3 Å². The van der Waals surface area contributed by atoms with E-state index in [1.165, 1.54) is 5.56 Å². The number of nitrogens with one attached hydrogen (secondary N) is 1. The second-order valence-corrected chi connectivity index (χ2v) is 9.12. The molecule has 1 fully saturated rings. The molecule has 0 atom stereocenters. The number of ketones is 1. The number of carbonyl (C=O) groups excluding carboxylic acids is 2. The Labute approximate surface area is 172 Å². The highest BCUT2D eigenvalue weighted by Crippen LogP contribution is 2.45. The number of hydrogen-bond acceptors (Lipinski definition) is 4. The number of amides is 1. The first kappa shape index (κ1) is 18.8. The number of rotatable bonds is 5. The van der Waals surface area contributed by atoms with E-state index in [0.717, 1.165) is 17.2 Å². The second-order valence-electron chi connectivity index (χ2n) is 6.39. The maximum absolute atomic E-state index is 12.9. The largest absolute Gasteiger partial charge is 0.322 e. The zero-order chi connectivity index (χ0) is 19.3.